The molecule has 0 amide bonds. The molecule has 0 spiro atoms. The van der Waals surface area contributed by atoms with E-state index in [4.69, 9.17) is 4.74 Å². The third kappa shape index (κ3) is 2.41. The van der Waals surface area contributed by atoms with E-state index in [1.54, 1.807) is 30.1 Å². The highest BCUT2D eigenvalue weighted by atomic mass is 16.5. The van der Waals surface area contributed by atoms with Gasteiger partial charge in [0.15, 0.2) is 6.29 Å². The Morgan fingerprint density at radius 3 is 2.94 bits per heavy atom. The van der Waals surface area contributed by atoms with Crippen molar-refractivity contribution in [3.63, 3.8) is 0 Å². The van der Waals surface area contributed by atoms with Crippen LogP contribution < -0.4 is 4.74 Å². The first-order chi connectivity index (χ1) is 7.78. The zero-order valence-electron chi connectivity index (χ0n) is 8.70. The summed E-state index contributed by atoms with van der Waals surface area (Å²) in [6, 6.07) is 3.28. The van der Waals surface area contributed by atoms with Gasteiger partial charge < -0.3 is 4.74 Å². The largest absolute Gasteiger partial charge is 0.486 e. The first kappa shape index (κ1) is 10.3. The van der Waals surface area contributed by atoms with E-state index in [1.807, 2.05) is 0 Å². The minimum absolute atomic E-state index is 0.329. The Labute approximate surface area is 91.9 Å². The molecule has 0 aliphatic carbocycles. The Balaban J connectivity index is 1.96. The Morgan fingerprint density at radius 2 is 2.38 bits per heavy atom. The Bertz CT molecular complexity index is 478. The van der Waals surface area contributed by atoms with E-state index in [9.17, 15) is 4.79 Å². The fourth-order valence-electron chi connectivity index (χ4n) is 1.17. The van der Waals surface area contributed by atoms with Crippen molar-refractivity contribution >= 4 is 6.29 Å². The van der Waals surface area contributed by atoms with Crippen LogP contribution in [0.3, 0.4) is 0 Å². The van der Waals surface area contributed by atoms with Gasteiger partial charge in [-0.25, -0.2) is 4.98 Å². The molecule has 0 bridgehead atoms. The summed E-state index contributed by atoms with van der Waals surface area (Å²) in [5, 5.41) is 7.66. The summed E-state index contributed by atoms with van der Waals surface area (Å²) in [4.78, 5) is 14.3. The molecule has 0 atom stereocenters. The van der Waals surface area contributed by atoms with Gasteiger partial charge in [0.25, 0.3) is 0 Å². The van der Waals surface area contributed by atoms with Crippen LogP contribution in [0.25, 0.3) is 0 Å². The van der Waals surface area contributed by atoms with E-state index in [2.05, 4.69) is 15.3 Å². The summed E-state index contributed by atoms with van der Waals surface area (Å²) in [7, 11) is 1.79. The molecule has 2 rings (SSSR count). The van der Waals surface area contributed by atoms with Crippen LogP contribution in [-0.4, -0.2) is 26.3 Å². The minimum Gasteiger partial charge on any atom is -0.486 e. The third-order valence-electron chi connectivity index (χ3n) is 1.92. The molecule has 0 fully saturated rings. The number of aryl methyl sites for hydroxylation is 1. The lowest BCUT2D eigenvalue weighted by molar-refractivity contribution is 0.111. The molecule has 0 N–H and O–H groups in total. The summed E-state index contributed by atoms with van der Waals surface area (Å²) in [5.74, 6) is 0.594. The number of carbonyl (C=O) groups is 1. The van der Waals surface area contributed by atoms with E-state index in [1.165, 1.54) is 6.20 Å². The smallest absolute Gasteiger partial charge is 0.168 e. The van der Waals surface area contributed by atoms with Gasteiger partial charge in [-0.1, -0.05) is 5.21 Å². The van der Waals surface area contributed by atoms with Crippen molar-refractivity contribution in [1.82, 2.24) is 20.0 Å². The predicted molar refractivity (Wildman–Crippen MR) is 55.0 cm³/mol. The third-order valence-corrected chi connectivity index (χ3v) is 1.92. The molecule has 0 saturated carbocycles. The number of aromatic nitrogens is 4. The molecule has 16 heavy (non-hydrogen) atoms. The maximum absolute atomic E-state index is 10.4. The minimum atomic E-state index is 0.329. The van der Waals surface area contributed by atoms with Crippen LogP contribution in [0.4, 0.5) is 0 Å². The highest BCUT2D eigenvalue weighted by Crippen LogP contribution is 2.10. The second-order valence-electron chi connectivity index (χ2n) is 3.21. The fourth-order valence-corrected chi connectivity index (χ4v) is 1.17. The highest BCUT2D eigenvalue weighted by Gasteiger charge is 2.00. The number of rotatable bonds is 4. The van der Waals surface area contributed by atoms with E-state index < -0.39 is 0 Å². The molecule has 6 heteroatoms. The van der Waals surface area contributed by atoms with E-state index in [-0.39, 0.29) is 0 Å². The molecule has 0 radical (unpaired) electrons. The molecule has 82 valence electrons. The van der Waals surface area contributed by atoms with Gasteiger partial charge in [-0.15, -0.1) is 5.10 Å². The Hall–Kier alpha value is -2.24. The number of pyridine rings is 1. The fraction of sp³-hybridized carbons (Fsp3) is 0.200. The quantitative estimate of drug-likeness (QED) is 0.703. The number of carbonyl (C=O) groups excluding carboxylic acids is 1. The van der Waals surface area contributed by atoms with Crippen molar-refractivity contribution in [2.75, 3.05) is 0 Å². The molecule has 0 aliphatic heterocycles. The standard InChI is InChI=1S/C10H10N4O2/c1-14-5-9(12-13-14)7-16-10-3-2-8(6-15)11-4-10/h2-6H,7H2,1H3. The van der Waals surface area contributed by atoms with Gasteiger partial charge in [-0.3, -0.25) is 9.48 Å². The lowest BCUT2D eigenvalue weighted by Gasteiger charge is -2.02. The number of hydrogen-bond donors (Lipinski definition) is 0. The van der Waals surface area contributed by atoms with Gasteiger partial charge in [0.2, 0.25) is 0 Å². The first-order valence-electron chi connectivity index (χ1n) is 4.67. The van der Waals surface area contributed by atoms with E-state index in [0.717, 1.165) is 5.69 Å². The van der Waals surface area contributed by atoms with Gasteiger partial charge in [-0.2, -0.15) is 0 Å². The summed E-state index contributed by atoms with van der Waals surface area (Å²) >= 11 is 0. The average Bonchev–Trinajstić information content (AvgIpc) is 2.73. The first-order valence-corrected chi connectivity index (χ1v) is 4.67. The zero-order chi connectivity index (χ0) is 11.4. The number of aldehydes is 1. The van der Waals surface area contributed by atoms with Crippen molar-refractivity contribution < 1.29 is 9.53 Å². The second-order valence-corrected chi connectivity index (χ2v) is 3.21. The molecule has 0 unspecified atom stereocenters. The van der Waals surface area contributed by atoms with Crippen molar-refractivity contribution in [2.45, 2.75) is 6.61 Å². The van der Waals surface area contributed by atoms with Crippen LogP contribution in [0.1, 0.15) is 16.2 Å². The molecule has 0 saturated heterocycles. The second kappa shape index (κ2) is 4.52. The lowest BCUT2D eigenvalue weighted by Crippen LogP contribution is -1.97. The molecule has 0 aromatic carbocycles. The van der Waals surface area contributed by atoms with Gasteiger partial charge in [0, 0.05) is 7.05 Å². The molecular weight excluding hydrogens is 208 g/mol. The number of hydrogen-bond acceptors (Lipinski definition) is 5. The maximum atomic E-state index is 10.4. The number of ether oxygens (including phenoxy) is 1. The van der Waals surface area contributed by atoms with Crippen LogP contribution >= 0.6 is 0 Å². The molecule has 2 aromatic heterocycles. The Morgan fingerprint density at radius 1 is 1.50 bits per heavy atom. The predicted octanol–water partition coefficient (Wildman–Crippen LogP) is 0.602. The zero-order valence-corrected chi connectivity index (χ0v) is 8.70. The van der Waals surface area contributed by atoms with Gasteiger partial charge in [-0.05, 0) is 12.1 Å². The summed E-state index contributed by atoms with van der Waals surface area (Å²) < 4.78 is 7.01. The highest BCUT2D eigenvalue weighted by molar-refractivity contribution is 5.71. The van der Waals surface area contributed by atoms with Crippen LogP contribution in [0.15, 0.2) is 24.5 Å². The van der Waals surface area contributed by atoms with Crippen molar-refractivity contribution in [2.24, 2.45) is 7.05 Å². The summed E-state index contributed by atoms with van der Waals surface area (Å²) in [6.45, 7) is 0.329. The van der Waals surface area contributed by atoms with Gasteiger partial charge in [0.1, 0.15) is 23.7 Å². The lowest BCUT2D eigenvalue weighted by atomic mass is 10.4. The molecule has 0 aliphatic rings. The van der Waals surface area contributed by atoms with Crippen molar-refractivity contribution in [1.29, 1.82) is 0 Å². The molecule has 6 nitrogen and oxygen atoms in total. The SMILES string of the molecule is Cn1cc(COc2ccc(C=O)nc2)nn1. The maximum Gasteiger partial charge on any atom is 0.168 e. The summed E-state index contributed by atoms with van der Waals surface area (Å²) in [5.41, 5.74) is 1.12. The Kier molecular flexibility index (Phi) is 2.90. The average molecular weight is 218 g/mol. The van der Waals surface area contributed by atoms with Crippen LogP contribution in [0.5, 0.6) is 5.75 Å². The van der Waals surface area contributed by atoms with E-state index in [0.29, 0.717) is 24.3 Å². The topological polar surface area (TPSA) is 69.9 Å². The molecular formula is C10H10N4O2. The van der Waals surface area contributed by atoms with Crippen LogP contribution in [0, 0.1) is 0 Å². The number of nitrogens with zero attached hydrogens (tertiary/aromatic N) is 4. The van der Waals surface area contributed by atoms with Gasteiger partial charge >= 0.3 is 0 Å². The normalized spacial score (nSPS) is 10.1. The van der Waals surface area contributed by atoms with Crippen molar-refractivity contribution in [3.8, 4) is 5.75 Å². The van der Waals surface area contributed by atoms with Crippen LogP contribution in [0.2, 0.25) is 0 Å². The molecule has 2 aromatic rings. The monoisotopic (exact) mass is 218 g/mol. The van der Waals surface area contributed by atoms with E-state index >= 15 is 0 Å². The van der Waals surface area contributed by atoms with Crippen molar-refractivity contribution in [3.05, 3.63) is 35.9 Å². The molecule has 2 heterocycles. The summed E-state index contributed by atoms with van der Waals surface area (Å²) in [6.07, 6.45) is 3.96. The van der Waals surface area contributed by atoms with Gasteiger partial charge in [0.05, 0.1) is 12.4 Å². The van der Waals surface area contributed by atoms with Crippen LogP contribution in [-0.2, 0) is 13.7 Å².